The van der Waals surface area contributed by atoms with Gasteiger partial charge in [-0.3, -0.25) is 4.72 Å². The van der Waals surface area contributed by atoms with E-state index in [1.807, 2.05) is 12.1 Å². The Bertz CT molecular complexity index is 968. The maximum atomic E-state index is 13.2. The molecule has 28 heavy (non-hydrogen) atoms. The van der Waals surface area contributed by atoms with Crippen molar-refractivity contribution in [3.8, 4) is 0 Å². The average Bonchev–Trinajstić information content (AvgIpc) is 3.09. The summed E-state index contributed by atoms with van der Waals surface area (Å²) in [4.78, 5) is 13.6. The monoisotopic (exact) mass is 422 g/mol. The maximum Gasteiger partial charge on any atom is 0.348 e. The molecule has 0 saturated carbocycles. The van der Waals surface area contributed by atoms with Gasteiger partial charge in [0.15, 0.2) is 0 Å². The molecule has 1 aromatic carbocycles. The standard InChI is InChI=1S/C20H26N2O4S2/c1-20(2,3)14-7-8-17(16(13-14)22-10-5-4-6-11-22)28(25,26)21-15-9-12-27-18(15)19(23)24/h7-9,12-13,21H,4-6,10-11H2,1-3H3,(H,23,24). The fourth-order valence-electron chi connectivity index (χ4n) is 3.35. The Morgan fingerprint density at radius 2 is 1.82 bits per heavy atom. The van der Waals surface area contributed by atoms with Gasteiger partial charge in [0.1, 0.15) is 9.77 Å². The van der Waals surface area contributed by atoms with Crippen LogP contribution in [0.4, 0.5) is 11.4 Å². The second-order valence-corrected chi connectivity index (χ2v) is 10.6. The molecule has 0 unspecified atom stereocenters. The fourth-order valence-corrected chi connectivity index (χ4v) is 5.38. The van der Waals surface area contributed by atoms with Gasteiger partial charge in [0, 0.05) is 13.1 Å². The van der Waals surface area contributed by atoms with Crippen molar-refractivity contribution in [2.24, 2.45) is 0 Å². The first-order valence-electron chi connectivity index (χ1n) is 9.33. The van der Waals surface area contributed by atoms with E-state index in [0.29, 0.717) is 5.69 Å². The number of hydrogen-bond acceptors (Lipinski definition) is 5. The van der Waals surface area contributed by atoms with Crippen LogP contribution in [0.1, 0.15) is 55.3 Å². The Labute approximate surface area is 170 Å². The number of carboxylic acid groups (broad SMARTS) is 1. The number of thiophene rings is 1. The van der Waals surface area contributed by atoms with E-state index in [1.54, 1.807) is 11.4 Å². The molecule has 0 aliphatic carbocycles. The summed E-state index contributed by atoms with van der Waals surface area (Å²) in [5.74, 6) is -1.15. The average molecular weight is 423 g/mol. The summed E-state index contributed by atoms with van der Waals surface area (Å²) >= 11 is 0.995. The van der Waals surface area contributed by atoms with Crippen LogP contribution in [0.3, 0.4) is 0 Å². The van der Waals surface area contributed by atoms with Crippen LogP contribution in [0, 0.1) is 0 Å². The molecule has 8 heteroatoms. The first-order chi connectivity index (χ1) is 13.1. The van der Waals surface area contributed by atoms with Gasteiger partial charge in [-0.1, -0.05) is 26.8 Å². The van der Waals surface area contributed by atoms with Crippen LogP contribution >= 0.6 is 11.3 Å². The van der Waals surface area contributed by atoms with E-state index in [1.165, 1.54) is 6.07 Å². The second-order valence-electron chi connectivity index (χ2n) is 8.05. The summed E-state index contributed by atoms with van der Waals surface area (Å²) in [5.41, 5.74) is 1.74. The van der Waals surface area contributed by atoms with E-state index in [0.717, 1.165) is 49.3 Å². The number of piperidine rings is 1. The summed E-state index contributed by atoms with van der Waals surface area (Å²) in [5, 5.41) is 10.8. The van der Waals surface area contributed by atoms with Crippen LogP contribution in [0.2, 0.25) is 0 Å². The Morgan fingerprint density at radius 1 is 1.14 bits per heavy atom. The summed E-state index contributed by atoms with van der Waals surface area (Å²) in [7, 11) is -3.93. The molecule has 0 radical (unpaired) electrons. The number of benzene rings is 1. The number of sulfonamides is 1. The van der Waals surface area contributed by atoms with E-state index in [4.69, 9.17) is 0 Å². The van der Waals surface area contributed by atoms with Crippen molar-refractivity contribution in [2.75, 3.05) is 22.7 Å². The molecule has 2 heterocycles. The van der Waals surface area contributed by atoms with E-state index < -0.39 is 16.0 Å². The molecule has 2 N–H and O–H groups in total. The van der Waals surface area contributed by atoms with Gasteiger partial charge in [0.2, 0.25) is 0 Å². The highest BCUT2D eigenvalue weighted by atomic mass is 32.2. The SMILES string of the molecule is CC(C)(C)c1ccc(S(=O)(=O)Nc2ccsc2C(=O)O)c(N2CCCCC2)c1. The lowest BCUT2D eigenvalue weighted by Crippen LogP contribution is -2.31. The number of anilines is 2. The molecule has 1 aromatic heterocycles. The van der Waals surface area contributed by atoms with Crippen molar-refractivity contribution < 1.29 is 18.3 Å². The molecule has 6 nitrogen and oxygen atoms in total. The van der Waals surface area contributed by atoms with Gasteiger partial charge < -0.3 is 10.0 Å². The number of hydrogen-bond donors (Lipinski definition) is 2. The van der Waals surface area contributed by atoms with Gasteiger partial charge >= 0.3 is 5.97 Å². The minimum absolute atomic E-state index is 0.0191. The van der Waals surface area contributed by atoms with Crippen molar-refractivity contribution in [3.05, 3.63) is 40.1 Å². The molecule has 1 aliphatic rings. The first kappa shape index (κ1) is 20.7. The number of nitrogens with one attached hydrogen (secondary N) is 1. The fraction of sp³-hybridized carbons (Fsp3) is 0.450. The Morgan fingerprint density at radius 3 is 2.43 bits per heavy atom. The van der Waals surface area contributed by atoms with Crippen LogP contribution in [-0.2, 0) is 15.4 Å². The highest BCUT2D eigenvalue weighted by molar-refractivity contribution is 7.93. The molecule has 0 bridgehead atoms. The van der Waals surface area contributed by atoms with Gasteiger partial charge in [0.25, 0.3) is 10.0 Å². The summed E-state index contributed by atoms with van der Waals surface area (Å²) in [6.45, 7) is 7.92. The zero-order valence-corrected chi connectivity index (χ0v) is 18.0. The summed E-state index contributed by atoms with van der Waals surface area (Å²) < 4.78 is 28.8. The normalized spacial score (nSPS) is 15.5. The smallest absolute Gasteiger partial charge is 0.348 e. The molecule has 3 rings (SSSR count). The minimum atomic E-state index is -3.93. The summed E-state index contributed by atoms with van der Waals surface area (Å²) in [6.07, 6.45) is 3.20. The van der Waals surface area contributed by atoms with Gasteiger partial charge in [-0.2, -0.15) is 0 Å². The van der Waals surface area contributed by atoms with Crippen LogP contribution in [0.25, 0.3) is 0 Å². The Balaban J connectivity index is 2.05. The third-order valence-electron chi connectivity index (χ3n) is 4.92. The lowest BCUT2D eigenvalue weighted by atomic mass is 9.86. The predicted octanol–water partition coefficient (Wildman–Crippen LogP) is 4.53. The highest BCUT2D eigenvalue weighted by Crippen LogP contribution is 2.35. The van der Waals surface area contributed by atoms with Crippen molar-refractivity contribution in [1.82, 2.24) is 0 Å². The number of aromatic carboxylic acids is 1. The molecule has 0 spiro atoms. The summed E-state index contributed by atoms with van der Waals surface area (Å²) in [6, 6.07) is 6.93. The molecule has 0 amide bonds. The van der Waals surface area contributed by atoms with Crippen molar-refractivity contribution >= 4 is 38.7 Å². The molecule has 1 aliphatic heterocycles. The predicted molar refractivity (Wildman–Crippen MR) is 113 cm³/mol. The molecule has 152 valence electrons. The first-order valence-corrected chi connectivity index (χ1v) is 11.7. The van der Waals surface area contributed by atoms with E-state index in [9.17, 15) is 18.3 Å². The minimum Gasteiger partial charge on any atom is -0.477 e. The zero-order chi connectivity index (χ0) is 20.5. The van der Waals surface area contributed by atoms with Crippen molar-refractivity contribution in [2.45, 2.75) is 50.3 Å². The topological polar surface area (TPSA) is 86.7 Å². The van der Waals surface area contributed by atoms with Crippen LogP contribution in [-0.4, -0.2) is 32.6 Å². The number of rotatable bonds is 5. The highest BCUT2D eigenvalue weighted by Gasteiger charge is 2.27. The largest absolute Gasteiger partial charge is 0.477 e. The van der Waals surface area contributed by atoms with E-state index >= 15 is 0 Å². The van der Waals surface area contributed by atoms with E-state index in [-0.39, 0.29) is 20.9 Å². The lowest BCUT2D eigenvalue weighted by molar-refractivity contribution is 0.0703. The Hall–Kier alpha value is -2.06. The molecular weight excluding hydrogens is 396 g/mol. The third kappa shape index (κ3) is 4.33. The molecule has 1 fully saturated rings. The van der Waals surface area contributed by atoms with Crippen LogP contribution < -0.4 is 9.62 Å². The zero-order valence-electron chi connectivity index (χ0n) is 16.4. The van der Waals surface area contributed by atoms with Gasteiger partial charge in [-0.25, -0.2) is 13.2 Å². The number of carboxylic acids is 1. The number of nitrogens with zero attached hydrogens (tertiary/aromatic N) is 1. The maximum absolute atomic E-state index is 13.2. The van der Waals surface area contributed by atoms with Gasteiger partial charge in [0.05, 0.1) is 11.4 Å². The van der Waals surface area contributed by atoms with Crippen molar-refractivity contribution in [1.29, 1.82) is 0 Å². The van der Waals surface area contributed by atoms with Gasteiger partial charge in [-0.15, -0.1) is 11.3 Å². The van der Waals surface area contributed by atoms with Gasteiger partial charge in [-0.05, 0) is 53.8 Å². The molecule has 2 aromatic rings. The molecule has 0 atom stereocenters. The van der Waals surface area contributed by atoms with Crippen LogP contribution in [0.15, 0.2) is 34.5 Å². The van der Waals surface area contributed by atoms with E-state index in [2.05, 4.69) is 30.4 Å². The van der Waals surface area contributed by atoms with Crippen LogP contribution in [0.5, 0.6) is 0 Å². The quantitative estimate of drug-likeness (QED) is 0.739. The van der Waals surface area contributed by atoms with Crippen molar-refractivity contribution in [3.63, 3.8) is 0 Å². The molecule has 1 saturated heterocycles. The Kier molecular flexibility index (Phi) is 5.72. The molecular formula is C20H26N2O4S2. The number of carbonyl (C=O) groups is 1. The third-order valence-corrected chi connectivity index (χ3v) is 7.23. The second kappa shape index (κ2) is 7.75. The lowest BCUT2D eigenvalue weighted by Gasteiger charge is -2.32.